The smallest absolute Gasteiger partial charge is 0.240 e. The normalized spacial score (nSPS) is 11.4. The molecule has 9 heteroatoms. The van der Waals surface area contributed by atoms with Gasteiger partial charge in [-0.2, -0.15) is 4.52 Å². The van der Waals surface area contributed by atoms with E-state index in [2.05, 4.69) is 42.1 Å². The molecule has 0 N–H and O–H groups in total. The predicted octanol–water partition coefficient (Wildman–Crippen LogP) is 3.76. The standard InChI is InChI=1S/C23H17N7O2/c1-2-6-16(7-3-1)14-29-12-11-24-20(29)15-31-23-18-9-5-4-8-17(18)21-25-26-22(30(21)27-23)19-10-13-32-28-19/h1-13H,14-15H2. The molecule has 32 heavy (non-hydrogen) atoms. The van der Waals surface area contributed by atoms with Gasteiger partial charge in [-0.15, -0.1) is 15.3 Å². The van der Waals surface area contributed by atoms with Crippen LogP contribution in [0.3, 0.4) is 0 Å². The van der Waals surface area contributed by atoms with Gasteiger partial charge in [-0.25, -0.2) is 4.98 Å². The lowest BCUT2D eigenvalue weighted by molar-refractivity contribution is 0.279. The second-order valence-corrected chi connectivity index (χ2v) is 7.24. The Kier molecular flexibility index (Phi) is 4.35. The number of ether oxygens (including phenoxy) is 1. The van der Waals surface area contributed by atoms with Crippen LogP contribution in [0.5, 0.6) is 5.88 Å². The van der Waals surface area contributed by atoms with E-state index < -0.39 is 0 Å². The number of fused-ring (bicyclic) bond motifs is 3. The van der Waals surface area contributed by atoms with Crippen LogP contribution in [0.2, 0.25) is 0 Å². The summed E-state index contributed by atoms with van der Waals surface area (Å²) in [6, 6.07) is 19.8. The monoisotopic (exact) mass is 423 g/mol. The van der Waals surface area contributed by atoms with Crippen LogP contribution in [-0.4, -0.2) is 34.5 Å². The Morgan fingerprint density at radius 3 is 2.59 bits per heavy atom. The van der Waals surface area contributed by atoms with E-state index >= 15 is 0 Å². The Balaban J connectivity index is 1.37. The molecule has 2 aromatic carbocycles. The van der Waals surface area contributed by atoms with Crippen LogP contribution in [0.4, 0.5) is 0 Å². The molecule has 0 amide bonds. The zero-order valence-corrected chi connectivity index (χ0v) is 16.9. The average Bonchev–Trinajstić information content (AvgIpc) is 3.59. The van der Waals surface area contributed by atoms with Crippen molar-refractivity contribution in [2.24, 2.45) is 0 Å². The minimum Gasteiger partial charge on any atom is -0.468 e. The molecule has 0 atom stereocenters. The molecule has 6 rings (SSSR count). The minimum absolute atomic E-state index is 0.268. The molecule has 0 spiro atoms. The van der Waals surface area contributed by atoms with Gasteiger partial charge >= 0.3 is 0 Å². The molecule has 4 heterocycles. The van der Waals surface area contributed by atoms with Gasteiger partial charge in [-0.3, -0.25) is 0 Å². The molecule has 6 aromatic rings. The molecule has 156 valence electrons. The zero-order valence-electron chi connectivity index (χ0n) is 16.9. The summed E-state index contributed by atoms with van der Waals surface area (Å²) in [5, 5.41) is 18.9. The van der Waals surface area contributed by atoms with E-state index in [1.165, 1.54) is 11.8 Å². The lowest BCUT2D eigenvalue weighted by Gasteiger charge is -2.11. The first-order valence-corrected chi connectivity index (χ1v) is 10.1. The van der Waals surface area contributed by atoms with E-state index in [0.717, 1.165) is 16.6 Å². The zero-order chi connectivity index (χ0) is 21.3. The van der Waals surface area contributed by atoms with Crippen LogP contribution in [0.1, 0.15) is 11.4 Å². The van der Waals surface area contributed by atoms with Gasteiger partial charge in [-0.05, 0) is 11.6 Å². The van der Waals surface area contributed by atoms with Crippen molar-refractivity contribution in [1.82, 2.24) is 34.5 Å². The molecular weight excluding hydrogens is 406 g/mol. The van der Waals surface area contributed by atoms with Gasteiger partial charge in [0.2, 0.25) is 11.7 Å². The number of hydrogen-bond donors (Lipinski definition) is 0. The SMILES string of the molecule is c1ccc(Cn2ccnc2COc2nn3c(-c4ccon4)nnc3c3ccccc23)cc1. The fourth-order valence-electron chi connectivity index (χ4n) is 3.68. The molecule has 4 aromatic heterocycles. The highest BCUT2D eigenvalue weighted by molar-refractivity contribution is 5.96. The summed E-state index contributed by atoms with van der Waals surface area (Å²) in [6.45, 7) is 0.984. The summed E-state index contributed by atoms with van der Waals surface area (Å²) in [5.74, 6) is 1.75. The van der Waals surface area contributed by atoms with E-state index in [9.17, 15) is 0 Å². The Labute approximate surface area is 181 Å². The summed E-state index contributed by atoms with van der Waals surface area (Å²) < 4.78 is 14.8. The van der Waals surface area contributed by atoms with Crippen molar-refractivity contribution in [3.05, 3.63) is 90.7 Å². The van der Waals surface area contributed by atoms with E-state index in [-0.39, 0.29) is 6.61 Å². The Bertz CT molecular complexity index is 1500. The maximum absolute atomic E-state index is 6.18. The number of hydrogen-bond acceptors (Lipinski definition) is 7. The largest absolute Gasteiger partial charge is 0.468 e. The van der Waals surface area contributed by atoms with Crippen LogP contribution in [0.25, 0.3) is 27.9 Å². The third kappa shape index (κ3) is 3.16. The van der Waals surface area contributed by atoms with E-state index in [0.29, 0.717) is 29.6 Å². The molecule has 0 aliphatic carbocycles. The maximum atomic E-state index is 6.18. The molecule has 0 aliphatic heterocycles. The quantitative estimate of drug-likeness (QED) is 0.402. The van der Waals surface area contributed by atoms with Gasteiger partial charge in [0, 0.05) is 35.8 Å². The molecular formula is C23H17N7O2. The van der Waals surface area contributed by atoms with Crippen LogP contribution >= 0.6 is 0 Å². The molecule has 0 aliphatic rings. The summed E-state index contributed by atoms with van der Waals surface area (Å²) in [4.78, 5) is 4.47. The Morgan fingerprint density at radius 2 is 1.75 bits per heavy atom. The average molecular weight is 423 g/mol. The van der Waals surface area contributed by atoms with Crippen LogP contribution in [0.15, 0.2) is 83.8 Å². The summed E-state index contributed by atoms with van der Waals surface area (Å²) >= 11 is 0. The highest BCUT2D eigenvalue weighted by atomic mass is 16.5. The predicted molar refractivity (Wildman–Crippen MR) is 116 cm³/mol. The Hall–Kier alpha value is -4.53. The molecule has 0 unspecified atom stereocenters. The topological polar surface area (TPSA) is 96.2 Å². The third-order valence-electron chi connectivity index (χ3n) is 5.23. The summed E-state index contributed by atoms with van der Waals surface area (Å²) in [5.41, 5.74) is 2.36. The highest BCUT2D eigenvalue weighted by Crippen LogP contribution is 2.28. The number of aromatic nitrogens is 7. The van der Waals surface area contributed by atoms with E-state index in [1.54, 1.807) is 16.8 Å². The van der Waals surface area contributed by atoms with Gasteiger partial charge in [0.25, 0.3) is 0 Å². The van der Waals surface area contributed by atoms with E-state index in [4.69, 9.17) is 9.26 Å². The lowest BCUT2D eigenvalue weighted by Crippen LogP contribution is -2.09. The number of nitrogens with zero attached hydrogens (tertiary/aromatic N) is 7. The Morgan fingerprint density at radius 1 is 0.906 bits per heavy atom. The molecule has 0 fully saturated rings. The second-order valence-electron chi connectivity index (χ2n) is 7.24. The molecule has 0 bridgehead atoms. The van der Waals surface area contributed by atoms with Gasteiger partial charge < -0.3 is 13.8 Å². The first-order chi connectivity index (χ1) is 15.9. The molecule has 0 radical (unpaired) electrons. The minimum atomic E-state index is 0.268. The van der Waals surface area contributed by atoms with Crippen molar-refractivity contribution in [2.75, 3.05) is 0 Å². The number of rotatable bonds is 6. The van der Waals surface area contributed by atoms with Gasteiger partial charge in [0.1, 0.15) is 18.7 Å². The van der Waals surface area contributed by atoms with Crippen LogP contribution in [0, 0.1) is 0 Å². The van der Waals surface area contributed by atoms with Crippen molar-refractivity contribution < 1.29 is 9.26 Å². The number of benzene rings is 2. The summed E-state index contributed by atoms with van der Waals surface area (Å²) in [7, 11) is 0. The lowest BCUT2D eigenvalue weighted by atomic mass is 10.2. The van der Waals surface area contributed by atoms with E-state index in [1.807, 2.05) is 48.7 Å². The van der Waals surface area contributed by atoms with Gasteiger partial charge in [-0.1, -0.05) is 53.7 Å². The maximum Gasteiger partial charge on any atom is 0.240 e. The summed E-state index contributed by atoms with van der Waals surface area (Å²) in [6.07, 6.45) is 5.21. The van der Waals surface area contributed by atoms with Crippen molar-refractivity contribution in [1.29, 1.82) is 0 Å². The number of imidazole rings is 1. The third-order valence-corrected chi connectivity index (χ3v) is 5.23. The van der Waals surface area contributed by atoms with Crippen LogP contribution in [-0.2, 0) is 13.2 Å². The highest BCUT2D eigenvalue weighted by Gasteiger charge is 2.18. The molecule has 9 nitrogen and oxygen atoms in total. The first-order valence-electron chi connectivity index (χ1n) is 10.1. The molecule has 0 saturated carbocycles. The fourth-order valence-corrected chi connectivity index (χ4v) is 3.68. The van der Waals surface area contributed by atoms with Gasteiger partial charge in [0.15, 0.2) is 11.3 Å². The molecule has 0 saturated heterocycles. The van der Waals surface area contributed by atoms with Crippen molar-refractivity contribution in [2.45, 2.75) is 13.2 Å². The van der Waals surface area contributed by atoms with Gasteiger partial charge in [0.05, 0.1) is 0 Å². The van der Waals surface area contributed by atoms with Crippen molar-refractivity contribution in [3.8, 4) is 17.4 Å². The fraction of sp³-hybridized carbons (Fsp3) is 0.0870. The second kappa shape index (κ2) is 7.62. The first kappa shape index (κ1) is 18.3. The van der Waals surface area contributed by atoms with Crippen LogP contribution < -0.4 is 4.74 Å². The van der Waals surface area contributed by atoms with Crippen molar-refractivity contribution >= 4 is 16.4 Å². The van der Waals surface area contributed by atoms with Crippen molar-refractivity contribution in [3.63, 3.8) is 0 Å².